The highest BCUT2D eigenvalue weighted by Crippen LogP contribution is 2.18. The van der Waals surface area contributed by atoms with Crippen molar-refractivity contribution in [3.05, 3.63) is 44.3 Å². The van der Waals surface area contributed by atoms with Crippen LogP contribution in [0.5, 0.6) is 0 Å². The summed E-state index contributed by atoms with van der Waals surface area (Å²) in [6, 6.07) is 5.24. The molecule has 19 heavy (non-hydrogen) atoms. The number of rotatable bonds is 4. The van der Waals surface area contributed by atoms with E-state index in [0.29, 0.717) is 17.8 Å². The monoisotopic (exact) mass is 339 g/mol. The minimum Gasteiger partial charge on any atom is -0.398 e. The van der Waals surface area contributed by atoms with Crippen molar-refractivity contribution in [2.45, 2.75) is 13.3 Å². The average molecular weight is 340 g/mol. The minimum absolute atomic E-state index is 0.160. The lowest BCUT2D eigenvalue weighted by atomic mass is 10.1. The van der Waals surface area contributed by atoms with Gasteiger partial charge in [-0.1, -0.05) is 15.9 Å². The molecule has 6 heteroatoms. The molecule has 0 spiro atoms. The smallest absolute Gasteiger partial charge is 0.253 e. The van der Waals surface area contributed by atoms with Crippen LogP contribution in [0.2, 0.25) is 0 Å². The van der Waals surface area contributed by atoms with Gasteiger partial charge in [-0.05, 0) is 25.1 Å². The minimum atomic E-state index is -0.160. The zero-order valence-electron chi connectivity index (χ0n) is 10.4. The first-order chi connectivity index (χ1) is 9.06. The molecule has 0 aliphatic rings. The van der Waals surface area contributed by atoms with Crippen molar-refractivity contribution < 1.29 is 4.79 Å². The third kappa shape index (κ3) is 3.78. The van der Waals surface area contributed by atoms with Gasteiger partial charge in [0, 0.05) is 34.2 Å². The molecule has 1 amide bonds. The van der Waals surface area contributed by atoms with Crippen LogP contribution in [0.4, 0.5) is 5.69 Å². The van der Waals surface area contributed by atoms with Gasteiger partial charge >= 0.3 is 0 Å². The lowest BCUT2D eigenvalue weighted by molar-refractivity contribution is 0.0955. The molecule has 1 aromatic carbocycles. The van der Waals surface area contributed by atoms with Crippen LogP contribution in [0.15, 0.2) is 28.1 Å². The highest BCUT2D eigenvalue weighted by molar-refractivity contribution is 9.10. The Bertz CT molecular complexity index is 597. The van der Waals surface area contributed by atoms with Crippen molar-refractivity contribution >= 4 is 38.9 Å². The topological polar surface area (TPSA) is 68.0 Å². The number of nitrogens with zero attached hydrogens (tertiary/aromatic N) is 1. The van der Waals surface area contributed by atoms with Gasteiger partial charge in [-0.15, -0.1) is 11.3 Å². The van der Waals surface area contributed by atoms with E-state index in [4.69, 9.17) is 5.73 Å². The Balaban J connectivity index is 1.92. The van der Waals surface area contributed by atoms with Crippen LogP contribution >= 0.6 is 27.3 Å². The first-order valence-electron chi connectivity index (χ1n) is 5.80. The second-order valence-electron chi connectivity index (χ2n) is 4.12. The van der Waals surface area contributed by atoms with Crippen LogP contribution in [0.25, 0.3) is 0 Å². The van der Waals surface area contributed by atoms with Crippen molar-refractivity contribution in [2.75, 3.05) is 12.3 Å². The standard InChI is InChI=1S/C13H14BrN3OS/c1-8-7-19-12(17-8)4-5-16-13(18)10-6-9(14)2-3-11(10)15/h2-3,6-7H,4-5,15H2,1H3,(H,16,18). The second-order valence-corrected chi connectivity index (χ2v) is 5.98. The maximum Gasteiger partial charge on any atom is 0.253 e. The summed E-state index contributed by atoms with van der Waals surface area (Å²) in [7, 11) is 0. The van der Waals surface area contributed by atoms with Crippen LogP contribution in [0, 0.1) is 6.92 Å². The predicted octanol–water partition coefficient (Wildman–Crippen LogP) is 2.77. The Kier molecular flexibility index (Phi) is 4.55. The molecule has 0 fully saturated rings. The van der Waals surface area contributed by atoms with Gasteiger partial charge in [0.2, 0.25) is 0 Å². The Labute approximate surface area is 124 Å². The van der Waals surface area contributed by atoms with E-state index in [-0.39, 0.29) is 5.91 Å². The molecule has 2 aromatic rings. The van der Waals surface area contributed by atoms with Gasteiger partial charge in [-0.3, -0.25) is 4.79 Å². The number of aromatic nitrogens is 1. The Morgan fingerprint density at radius 1 is 1.53 bits per heavy atom. The van der Waals surface area contributed by atoms with Gasteiger partial charge in [0.15, 0.2) is 0 Å². The Morgan fingerprint density at radius 2 is 2.32 bits per heavy atom. The van der Waals surface area contributed by atoms with E-state index in [9.17, 15) is 4.79 Å². The molecule has 0 aliphatic heterocycles. The van der Waals surface area contributed by atoms with E-state index in [1.807, 2.05) is 18.4 Å². The Morgan fingerprint density at radius 3 is 3.00 bits per heavy atom. The number of hydrogen-bond donors (Lipinski definition) is 2. The summed E-state index contributed by atoms with van der Waals surface area (Å²) in [6.45, 7) is 2.51. The van der Waals surface area contributed by atoms with Crippen LogP contribution in [-0.4, -0.2) is 17.4 Å². The van der Waals surface area contributed by atoms with E-state index < -0.39 is 0 Å². The maximum atomic E-state index is 12.0. The molecule has 0 aliphatic carbocycles. The molecule has 2 rings (SSSR count). The van der Waals surface area contributed by atoms with Crippen molar-refractivity contribution in [3.8, 4) is 0 Å². The molecule has 4 nitrogen and oxygen atoms in total. The SMILES string of the molecule is Cc1csc(CCNC(=O)c2cc(Br)ccc2N)n1. The third-order valence-electron chi connectivity index (χ3n) is 2.55. The largest absolute Gasteiger partial charge is 0.398 e. The summed E-state index contributed by atoms with van der Waals surface area (Å²) in [4.78, 5) is 16.3. The van der Waals surface area contributed by atoms with E-state index >= 15 is 0 Å². The summed E-state index contributed by atoms with van der Waals surface area (Å²) in [6.07, 6.45) is 0.734. The van der Waals surface area contributed by atoms with Crippen molar-refractivity contribution in [3.63, 3.8) is 0 Å². The fourth-order valence-corrected chi connectivity index (χ4v) is 2.76. The van der Waals surface area contributed by atoms with E-state index in [1.54, 1.807) is 23.5 Å². The van der Waals surface area contributed by atoms with Gasteiger partial charge in [0.05, 0.1) is 10.6 Å². The van der Waals surface area contributed by atoms with Crippen LogP contribution in [0.1, 0.15) is 21.1 Å². The summed E-state index contributed by atoms with van der Waals surface area (Å²) >= 11 is 4.94. The number of halogens is 1. The quantitative estimate of drug-likeness (QED) is 0.841. The number of thiazole rings is 1. The fourth-order valence-electron chi connectivity index (χ4n) is 1.62. The molecule has 0 saturated carbocycles. The molecule has 1 heterocycles. The van der Waals surface area contributed by atoms with Crippen LogP contribution in [0.3, 0.4) is 0 Å². The van der Waals surface area contributed by atoms with Gasteiger partial charge in [-0.25, -0.2) is 4.98 Å². The molecule has 1 aromatic heterocycles. The Hall–Kier alpha value is -1.40. The molecular formula is C13H14BrN3OS. The number of hydrogen-bond acceptors (Lipinski definition) is 4. The number of benzene rings is 1. The lowest BCUT2D eigenvalue weighted by Crippen LogP contribution is -2.26. The van der Waals surface area contributed by atoms with E-state index in [1.165, 1.54) is 0 Å². The zero-order chi connectivity index (χ0) is 13.8. The molecule has 3 N–H and O–H groups in total. The number of nitrogen functional groups attached to an aromatic ring is 1. The van der Waals surface area contributed by atoms with Gasteiger partial charge in [0.25, 0.3) is 5.91 Å². The normalized spacial score (nSPS) is 10.4. The average Bonchev–Trinajstić information content (AvgIpc) is 2.78. The summed E-state index contributed by atoms with van der Waals surface area (Å²) in [5, 5.41) is 5.88. The number of aryl methyl sites for hydroxylation is 1. The molecule has 0 unspecified atom stereocenters. The first-order valence-corrected chi connectivity index (χ1v) is 7.48. The molecule has 0 saturated heterocycles. The number of nitrogens with two attached hydrogens (primary N) is 1. The zero-order valence-corrected chi connectivity index (χ0v) is 12.8. The maximum absolute atomic E-state index is 12.0. The summed E-state index contributed by atoms with van der Waals surface area (Å²) < 4.78 is 0.836. The highest BCUT2D eigenvalue weighted by Gasteiger charge is 2.10. The lowest BCUT2D eigenvalue weighted by Gasteiger charge is -2.07. The fraction of sp³-hybridized carbons (Fsp3) is 0.231. The molecule has 0 bridgehead atoms. The molecule has 0 radical (unpaired) electrons. The van der Waals surface area contributed by atoms with Gasteiger partial charge in [-0.2, -0.15) is 0 Å². The van der Waals surface area contributed by atoms with Gasteiger partial charge < -0.3 is 11.1 Å². The third-order valence-corrected chi connectivity index (χ3v) is 4.07. The van der Waals surface area contributed by atoms with E-state index in [0.717, 1.165) is 21.6 Å². The number of amides is 1. The molecule has 100 valence electrons. The van der Waals surface area contributed by atoms with Crippen molar-refractivity contribution in [1.29, 1.82) is 0 Å². The second kappa shape index (κ2) is 6.16. The van der Waals surface area contributed by atoms with Crippen LogP contribution < -0.4 is 11.1 Å². The molecule has 0 atom stereocenters. The number of anilines is 1. The first kappa shape index (κ1) is 14.0. The van der Waals surface area contributed by atoms with Crippen molar-refractivity contribution in [2.24, 2.45) is 0 Å². The summed E-state index contributed by atoms with van der Waals surface area (Å²) in [5.41, 5.74) is 7.77. The molecular weight excluding hydrogens is 326 g/mol. The predicted molar refractivity (Wildman–Crippen MR) is 81.4 cm³/mol. The van der Waals surface area contributed by atoms with Gasteiger partial charge in [0.1, 0.15) is 0 Å². The summed E-state index contributed by atoms with van der Waals surface area (Å²) in [5.74, 6) is -0.160. The number of nitrogens with one attached hydrogen (secondary N) is 1. The number of carbonyl (C=O) groups excluding carboxylic acids is 1. The van der Waals surface area contributed by atoms with Crippen molar-refractivity contribution in [1.82, 2.24) is 10.3 Å². The number of carbonyl (C=O) groups is 1. The van der Waals surface area contributed by atoms with E-state index in [2.05, 4.69) is 26.2 Å². The highest BCUT2D eigenvalue weighted by atomic mass is 79.9. The van der Waals surface area contributed by atoms with Crippen LogP contribution in [-0.2, 0) is 6.42 Å².